The van der Waals surface area contributed by atoms with Crippen molar-refractivity contribution in [1.29, 1.82) is 0 Å². The van der Waals surface area contributed by atoms with Crippen molar-refractivity contribution in [2.45, 2.75) is 0 Å². The third-order valence-electron chi connectivity index (χ3n) is 2.20. The van der Waals surface area contributed by atoms with Crippen molar-refractivity contribution in [2.24, 2.45) is 0 Å². The Balaban J connectivity index is 2.43. The second-order valence-electron chi connectivity index (χ2n) is 3.21. The normalized spacial score (nSPS) is 10.1. The summed E-state index contributed by atoms with van der Waals surface area (Å²) in [6.07, 6.45) is 0. The van der Waals surface area contributed by atoms with E-state index in [0.29, 0.717) is 0 Å². The molecule has 79 valence electrons. The number of non-ortho nitro benzene ring substituents is 1. The van der Waals surface area contributed by atoms with Gasteiger partial charge in [-0.15, -0.1) is 0 Å². The molecule has 4 heteroatoms. The summed E-state index contributed by atoms with van der Waals surface area (Å²) < 4.78 is 0.920. The molecule has 0 fully saturated rings. The second-order valence-corrected chi connectivity index (χ2v) is 4.06. The standard InChI is InChI=1S/C12H7BrNO2/c13-12-4-2-1-3-11(12)9-5-7-10(8-6-9)14(15)16/h1,3-8H. The lowest BCUT2D eigenvalue weighted by Gasteiger charge is -2.03. The molecule has 0 aliphatic rings. The van der Waals surface area contributed by atoms with Gasteiger partial charge in [-0.2, -0.15) is 0 Å². The van der Waals surface area contributed by atoms with Crippen molar-refractivity contribution in [3.63, 3.8) is 0 Å². The number of benzene rings is 2. The predicted molar refractivity (Wildman–Crippen MR) is 65.1 cm³/mol. The predicted octanol–water partition coefficient (Wildman–Crippen LogP) is 3.82. The van der Waals surface area contributed by atoms with Gasteiger partial charge in [0, 0.05) is 16.6 Å². The highest BCUT2D eigenvalue weighted by molar-refractivity contribution is 9.10. The first-order valence-corrected chi connectivity index (χ1v) is 5.38. The molecule has 2 rings (SSSR count). The molecule has 1 radical (unpaired) electrons. The lowest BCUT2D eigenvalue weighted by atomic mass is 10.1. The summed E-state index contributed by atoms with van der Waals surface area (Å²) in [5.41, 5.74) is 2.03. The molecule has 2 aromatic rings. The minimum Gasteiger partial charge on any atom is -0.258 e. The van der Waals surface area contributed by atoms with Gasteiger partial charge in [0.1, 0.15) is 0 Å². The third-order valence-corrected chi connectivity index (χ3v) is 2.86. The number of nitro groups is 1. The smallest absolute Gasteiger partial charge is 0.258 e. The average Bonchev–Trinajstić information content (AvgIpc) is 2.30. The first-order chi connectivity index (χ1) is 7.68. The summed E-state index contributed by atoms with van der Waals surface area (Å²) in [4.78, 5) is 10.1. The quantitative estimate of drug-likeness (QED) is 0.618. The van der Waals surface area contributed by atoms with Gasteiger partial charge in [0.2, 0.25) is 0 Å². The van der Waals surface area contributed by atoms with Crippen LogP contribution in [0.15, 0.2) is 46.9 Å². The number of hydrogen-bond acceptors (Lipinski definition) is 2. The van der Waals surface area contributed by atoms with E-state index in [0.717, 1.165) is 15.6 Å². The van der Waals surface area contributed by atoms with Gasteiger partial charge < -0.3 is 0 Å². The molecular weight excluding hydrogens is 270 g/mol. The Morgan fingerprint density at radius 3 is 2.44 bits per heavy atom. The summed E-state index contributed by atoms with van der Waals surface area (Å²) in [5.74, 6) is 0. The fourth-order valence-electron chi connectivity index (χ4n) is 1.41. The van der Waals surface area contributed by atoms with Gasteiger partial charge in [-0.3, -0.25) is 10.1 Å². The van der Waals surface area contributed by atoms with Crippen molar-refractivity contribution in [2.75, 3.05) is 0 Å². The zero-order chi connectivity index (χ0) is 11.5. The highest BCUT2D eigenvalue weighted by Crippen LogP contribution is 2.28. The molecule has 0 saturated heterocycles. The van der Waals surface area contributed by atoms with Crippen LogP contribution < -0.4 is 0 Å². The van der Waals surface area contributed by atoms with Crippen molar-refractivity contribution < 1.29 is 4.92 Å². The monoisotopic (exact) mass is 276 g/mol. The topological polar surface area (TPSA) is 43.1 Å². The van der Waals surface area contributed by atoms with Gasteiger partial charge in [0.25, 0.3) is 5.69 Å². The van der Waals surface area contributed by atoms with Crippen LogP contribution in [0.25, 0.3) is 11.1 Å². The van der Waals surface area contributed by atoms with Crippen LogP contribution in [0.5, 0.6) is 0 Å². The third kappa shape index (κ3) is 2.12. The SMILES string of the molecule is O=[N+]([O-])c1ccc(-c2cc[c]cc2Br)cc1. The molecular formula is C12H7BrNO2. The van der Waals surface area contributed by atoms with E-state index in [-0.39, 0.29) is 5.69 Å². The van der Waals surface area contributed by atoms with Crippen LogP contribution in [-0.4, -0.2) is 4.92 Å². The van der Waals surface area contributed by atoms with E-state index in [4.69, 9.17) is 0 Å². The van der Waals surface area contributed by atoms with Crippen LogP contribution in [0, 0.1) is 16.2 Å². The van der Waals surface area contributed by atoms with E-state index >= 15 is 0 Å². The van der Waals surface area contributed by atoms with Gasteiger partial charge in [0.05, 0.1) is 4.92 Å². The van der Waals surface area contributed by atoms with Gasteiger partial charge >= 0.3 is 0 Å². The minimum atomic E-state index is -0.405. The minimum absolute atomic E-state index is 0.0994. The van der Waals surface area contributed by atoms with Crippen LogP contribution in [0.3, 0.4) is 0 Å². The molecule has 0 aliphatic heterocycles. The van der Waals surface area contributed by atoms with Crippen LogP contribution in [0.4, 0.5) is 5.69 Å². The first kappa shape index (κ1) is 10.8. The average molecular weight is 277 g/mol. The number of rotatable bonds is 2. The van der Waals surface area contributed by atoms with Crippen LogP contribution in [-0.2, 0) is 0 Å². The molecule has 3 nitrogen and oxygen atoms in total. The zero-order valence-corrected chi connectivity index (χ0v) is 9.77. The van der Waals surface area contributed by atoms with Crippen molar-refractivity contribution in [3.05, 3.63) is 63.1 Å². The summed E-state index contributed by atoms with van der Waals surface area (Å²) in [7, 11) is 0. The molecule has 0 atom stereocenters. The van der Waals surface area contributed by atoms with E-state index in [2.05, 4.69) is 22.0 Å². The maximum absolute atomic E-state index is 10.5. The number of hydrogen-bond donors (Lipinski definition) is 0. The molecule has 0 bridgehead atoms. The Morgan fingerprint density at radius 1 is 1.19 bits per heavy atom. The van der Waals surface area contributed by atoms with E-state index < -0.39 is 4.92 Å². The summed E-state index contributed by atoms with van der Waals surface area (Å²) in [6, 6.07) is 14.9. The Hall–Kier alpha value is -1.68. The van der Waals surface area contributed by atoms with Crippen LogP contribution in [0.2, 0.25) is 0 Å². The Kier molecular flexibility index (Phi) is 3.01. The number of halogens is 1. The number of nitrogens with zero attached hydrogens (tertiary/aromatic N) is 1. The van der Waals surface area contributed by atoms with Gasteiger partial charge in [-0.25, -0.2) is 0 Å². The van der Waals surface area contributed by atoms with Crippen LogP contribution in [0.1, 0.15) is 0 Å². The van der Waals surface area contributed by atoms with Gasteiger partial charge in [0.15, 0.2) is 0 Å². The first-order valence-electron chi connectivity index (χ1n) is 4.59. The second kappa shape index (κ2) is 4.45. The Bertz CT molecular complexity index is 523. The lowest BCUT2D eigenvalue weighted by Crippen LogP contribution is -1.87. The molecule has 2 aromatic carbocycles. The molecule has 0 N–H and O–H groups in total. The maximum Gasteiger partial charge on any atom is 0.269 e. The maximum atomic E-state index is 10.5. The van der Waals surface area contributed by atoms with Crippen molar-refractivity contribution >= 4 is 21.6 Å². The molecule has 16 heavy (non-hydrogen) atoms. The highest BCUT2D eigenvalue weighted by atomic mass is 79.9. The molecule has 0 aliphatic carbocycles. The van der Waals surface area contributed by atoms with E-state index in [1.165, 1.54) is 12.1 Å². The highest BCUT2D eigenvalue weighted by Gasteiger charge is 2.06. The fourth-order valence-corrected chi connectivity index (χ4v) is 1.90. The van der Waals surface area contributed by atoms with E-state index in [9.17, 15) is 10.1 Å². The van der Waals surface area contributed by atoms with Crippen LogP contribution >= 0.6 is 15.9 Å². The van der Waals surface area contributed by atoms with Gasteiger partial charge in [-0.1, -0.05) is 28.1 Å². The molecule has 0 amide bonds. The van der Waals surface area contributed by atoms with Crippen molar-refractivity contribution in [1.82, 2.24) is 0 Å². The molecule has 0 heterocycles. The fraction of sp³-hybridized carbons (Fsp3) is 0. The summed E-state index contributed by atoms with van der Waals surface area (Å²) >= 11 is 3.42. The molecule has 0 saturated carbocycles. The molecule has 0 spiro atoms. The van der Waals surface area contributed by atoms with Crippen molar-refractivity contribution in [3.8, 4) is 11.1 Å². The lowest BCUT2D eigenvalue weighted by molar-refractivity contribution is -0.384. The Labute approximate surface area is 101 Å². The molecule has 0 unspecified atom stereocenters. The zero-order valence-electron chi connectivity index (χ0n) is 8.18. The molecule has 0 aromatic heterocycles. The summed E-state index contributed by atoms with van der Waals surface area (Å²) in [6.45, 7) is 0. The Morgan fingerprint density at radius 2 is 1.88 bits per heavy atom. The van der Waals surface area contributed by atoms with E-state index in [1.807, 2.05) is 18.2 Å². The number of nitro benzene ring substituents is 1. The van der Waals surface area contributed by atoms with Gasteiger partial charge in [-0.05, 0) is 35.4 Å². The largest absolute Gasteiger partial charge is 0.269 e. The van der Waals surface area contributed by atoms with E-state index in [1.54, 1.807) is 12.1 Å². The summed E-state index contributed by atoms with van der Waals surface area (Å²) in [5, 5.41) is 10.5.